The number of hydrogen-bond acceptors (Lipinski definition) is 3. The molecule has 2 rings (SSSR count). The largest absolute Gasteiger partial charge is 0.490 e. The zero-order valence-electron chi connectivity index (χ0n) is 12.0. The van der Waals surface area contributed by atoms with Gasteiger partial charge in [0.15, 0.2) is 0 Å². The molecule has 1 aromatic carbocycles. The first-order valence-electron chi connectivity index (χ1n) is 7.02. The van der Waals surface area contributed by atoms with Gasteiger partial charge in [-0.05, 0) is 26.0 Å². The Morgan fingerprint density at radius 2 is 1.85 bits per heavy atom. The smallest absolute Gasteiger partial charge is 0.410 e. The molecule has 5 heteroatoms. The van der Waals surface area contributed by atoms with Gasteiger partial charge < -0.3 is 14.4 Å². The normalized spacial score (nSPS) is 16.2. The Morgan fingerprint density at radius 3 is 2.40 bits per heavy atom. The fraction of sp³-hybridized carbons (Fsp3) is 0.533. The number of piperidine rings is 1. The third kappa shape index (κ3) is 4.18. The summed E-state index contributed by atoms with van der Waals surface area (Å²) in [5.41, 5.74) is 0.726. The molecule has 0 saturated carbocycles. The molecule has 1 aliphatic heterocycles. The van der Waals surface area contributed by atoms with Gasteiger partial charge in [-0.3, -0.25) is 0 Å². The van der Waals surface area contributed by atoms with Crippen LogP contribution in [0, 0.1) is 0 Å². The predicted octanol–water partition coefficient (Wildman–Crippen LogP) is 1.87. The lowest BCUT2D eigenvalue weighted by molar-refractivity contribution is 0.0517. The van der Waals surface area contributed by atoms with E-state index in [1.165, 1.54) is 0 Å². The number of rotatable bonds is 3. The van der Waals surface area contributed by atoms with Crippen LogP contribution in [0.5, 0.6) is 5.75 Å². The molecule has 4 nitrogen and oxygen atoms in total. The molecule has 1 aromatic rings. The van der Waals surface area contributed by atoms with Crippen LogP contribution in [-0.4, -0.2) is 44.1 Å². The fourth-order valence-electron chi connectivity index (χ4n) is 2.17. The molecule has 0 spiro atoms. The maximum absolute atomic E-state index is 11.8. The molecule has 1 saturated heterocycles. The van der Waals surface area contributed by atoms with E-state index in [0.717, 1.165) is 24.1 Å². The summed E-state index contributed by atoms with van der Waals surface area (Å²) in [7, 11) is 5.64. The van der Waals surface area contributed by atoms with E-state index in [4.69, 9.17) is 17.3 Å². The van der Waals surface area contributed by atoms with E-state index in [-0.39, 0.29) is 18.3 Å². The van der Waals surface area contributed by atoms with Gasteiger partial charge >= 0.3 is 6.09 Å². The molecule has 1 fully saturated rings. The minimum absolute atomic E-state index is 0.0775. The SMILES string of the molecule is [B]c1ccc(OC2CCN(C(=O)OC(C)C)CC2)cc1. The first kappa shape index (κ1) is 14.8. The second-order valence-electron chi connectivity index (χ2n) is 5.31. The summed E-state index contributed by atoms with van der Waals surface area (Å²) >= 11 is 0. The average molecular weight is 273 g/mol. The molecular formula is C15H20BNO3. The van der Waals surface area contributed by atoms with Gasteiger partial charge in [0.2, 0.25) is 0 Å². The van der Waals surface area contributed by atoms with Crippen LogP contribution in [-0.2, 0) is 4.74 Å². The summed E-state index contributed by atoms with van der Waals surface area (Å²) in [6.45, 7) is 5.06. The number of amides is 1. The average Bonchev–Trinajstić information content (AvgIpc) is 2.41. The highest BCUT2D eigenvalue weighted by Crippen LogP contribution is 2.18. The number of carbonyl (C=O) groups excluding carboxylic acids is 1. The van der Waals surface area contributed by atoms with Crippen molar-refractivity contribution in [1.82, 2.24) is 4.90 Å². The molecular weight excluding hydrogens is 253 g/mol. The van der Waals surface area contributed by atoms with Crippen LogP contribution in [0.2, 0.25) is 0 Å². The minimum atomic E-state index is -0.231. The third-order valence-electron chi connectivity index (χ3n) is 3.22. The molecule has 0 N–H and O–H groups in total. The standard InChI is InChI=1S/C15H20BNO3/c1-11(2)19-15(18)17-9-7-14(8-10-17)20-13-5-3-12(16)4-6-13/h3-6,11,14H,7-10H2,1-2H3. The number of hydrogen-bond donors (Lipinski definition) is 0. The van der Waals surface area contributed by atoms with Crippen LogP contribution in [0.15, 0.2) is 24.3 Å². The van der Waals surface area contributed by atoms with Crippen LogP contribution < -0.4 is 10.2 Å². The highest BCUT2D eigenvalue weighted by molar-refractivity contribution is 6.32. The zero-order valence-corrected chi connectivity index (χ0v) is 12.0. The van der Waals surface area contributed by atoms with Gasteiger partial charge in [0, 0.05) is 25.9 Å². The molecule has 0 unspecified atom stereocenters. The van der Waals surface area contributed by atoms with Crippen molar-refractivity contribution in [3.8, 4) is 5.75 Å². The Labute approximate surface area is 121 Å². The minimum Gasteiger partial charge on any atom is -0.490 e. The summed E-state index contributed by atoms with van der Waals surface area (Å²) in [6, 6.07) is 7.39. The van der Waals surface area contributed by atoms with E-state index in [1.807, 2.05) is 38.1 Å². The van der Waals surface area contributed by atoms with Crippen LogP contribution in [0.1, 0.15) is 26.7 Å². The number of nitrogens with zero attached hydrogens (tertiary/aromatic N) is 1. The lowest BCUT2D eigenvalue weighted by Crippen LogP contribution is -2.42. The van der Waals surface area contributed by atoms with E-state index in [9.17, 15) is 4.79 Å². The first-order chi connectivity index (χ1) is 9.54. The molecule has 20 heavy (non-hydrogen) atoms. The summed E-state index contributed by atoms with van der Waals surface area (Å²) in [6.07, 6.45) is 1.47. The second kappa shape index (κ2) is 6.68. The van der Waals surface area contributed by atoms with Crippen molar-refractivity contribution in [2.75, 3.05) is 13.1 Å². The second-order valence-corrected chi connectivity index (χ2v) is 5.31. The Hall–Kier alpha value is -1.65. The first-order valence-corrected chi connectivity index (χ1v) is 7.02. The third-order valence-corrected chi connectivity index (χ3v) is 3.22. The van der Waals surface area contributed by atoms with Crippen molar-refractivity contribution in [1.29, 1.82) is 0 Å². The van der Waals surface area contributed by atoms with Crippen LogP contribution in [0.4, 0.5) is 4.79 Å². The lowest BCUT2D eigenvalue weighted by atomic mass is 9.97. The van der Waals surface area contributed by atoms with Gasteiger partial charge in [0.05, 0.1) is 6.10 Å². The molecule has 1 heterocycles. The van der Waals surface area contributed by atoms with E-state index in [0.29, 0.717) is 13.1 Å². The molecule has 0 atom stereocenters. The number of carbonyl (C=O) groups is 1. The highest BCUT2D eigenvalue weighted by Gasteiger charge is 2.25. The van der Waals surface area contributed by atoms with Crippen molar-refractivity contribution in [2.45, 2.75) is 38.9 Å². The molecule has 0 bridgehead atoms. The molecule has 2 radical (unpaired) electrons. The van der Waals surface area contributed by atoms with Gasteiger partial charge in [-0.25, -0.2) is 4.79 Å². The summed E-state index contributed by atoms with van der Waals surface area (Å²) < 4.78 is 11.1. The maximum Gasteiger partial charge on any atom is 0.410 e. The molecule has 106 valence electrons. The molecule has 0 aromatic heterocycles. The topological polar surface area (TPSA) is 38.8 Å². The highest BCUT2D eigenvalue weighted by atomic mass is 16.6. The molecule has 0 aliphatic carbocycles. The van der Waals surface area contributed by atoms with Crippen molar-refractivity contribution < 1.29 is 14.3 Å². The van der Waals surface area contributed by atoms with Crippen molar-refractivity contribution in [2.24, 2.45) is 0 Å². The Kier molecular flexibility index (Phi) is 4.93. The maximum atomic E-state index is 11.8. The summed E-state index contributed by atoms with van der Waals surface area (Å²) in [5, 5.41) is 0. The number of benzene rings is 1. The fourth-order valence-corrected chi connectivity index (χ4v) is 2.17. The van der Waals surface area contributed by atoms with Gasteiger partial charge in [0.25, 0.3) is 0 Å². The quantitative estimate of drug-likeness (QED) is 0.789. The van der Waals surface area contributed by atoms with Gasteiger partial charge in [-0.15, -0.1) is 0 Å². The summed E-state index contributed by atoms with van der Waals surface area (Å²) in [5.74, 6) is 0.822. The van der Waals surface area contributed by atoms with E-state index in [2.05, 4.69) is 0 Å². The van der Waals surface area contributed by atoms with Crippen molar-refractivity contribution >= 4 is 19.4 Å². The predicted molar refractivity (Wildman–Crippen MR) is 78.7 cm³/mol. The Morgan fingerprint density at radius 1 is 1.25 bits per heavy atom. The molecule has 1 amide bonds. The van der Waals surface area contributed by atoms with Gasteiger partial charge in [-0.1, -0.05) is 17.6 Å². The number of likely N-dealkylation sites (tertiary alicyclic amines) is 1. The van der Waals surface area contributed by atoms with Crippen molar-refractivity contribution in [3.05, 3.63) is 24.3 Å². The Balaban J connectivity index is 1.79. The van der Waals surface area contributed by atoms with E-state index >= 15 is 0 Å². The van der Waals surface area contributed by atoms with E-state index in [1.54, 1.807) is 4.90 Å². The van der Waals surface area contributed by atoms with Crippen LogP contribution in [0.25, 0.3) is 0 Å². The zero-order chi connectivity index (χ0) is 14.5. The van der Waals surface area contributed by atoms with Gasteiger partial charge in [-0.2, -0.15) is 0 Å². The van der Waals surface area contributed by atoms with Crippen LogP contribution in [0.3, 0.4) is 0 Å². The van der Waals surface area contributed by atoms with Gasteiger partial charge in [0.1, 0.15) is 19.7 Å². The van der Waals surface area contributed by atoms with E-state index < -0.39 is 0 Å². The van der Waals surface area contributed by atoms with Crippen LogP contribution >= 0.6 is 0 Å². The lowest BCUT2D eigenvalue weighted by Gasteiger charge is -2.32. The van der Waals surface area contributed by atoms with Crippen molar-refractivity contribution in [3.63, 3.8) is 0 Å². The monoisotopic (exact) mass is 273 g/mol. The Bertz CT molecular complexity index is 439. The molecule has 1 aliphatic rings. The number of ether oxygens (including phenoxy) is 2. The summed E-state index contributed by atoms with van der Waals surface area (Å²) in [4.78, 5) is 13.5.